The van der Waals surface area contributed by atoms with Crippen molar-refractivity contribution in [3.05, 3.63) is 0 Å². The average Bonchev–Trinajstić information content (AvgIpc) is 2.30. The summed E-state index contributed by atoms with van der Waals surface area (Å²) in [6.45, 7) is 4.45. The summed E-state index contributed by atoms with van der Waals surface area (Å²) in [5, 5.41) is 13.1. The van der Waals surface area contributed by atoms with E-state index < -0.39 is 11.5 Å². The predicted molar refractivity (Wildman–Crippen MR) is 73.7 cm³/mol. The molecule has 0 amide bonds. The molecule has 0 saturated heterocycles. The van der Waals surface area contributed by atoms with Gasteiger partial charge in [0.15, 0.2) is 0 Å². The Morgan fingerprint density at radius 1 is 1.41 bits per heavy atom. The third kappa shape index (κ3) is 4.88. The van der Waals surface area contributed by atoms with Crippen molar-refractivity contribution in [3.8, 4) is 0 Å². The predicted octanol–water partition coefficient (Wildman–Crippen LogP) is 2.90. The number of hydrogen-bond donors (Lipinski definition) is 2. The van der Waals surface area contributed by atoms with Gasteiger partial charge in [-0.3, -0.25) is 4.79 Å². The van der Waals surface area contributed by atoms with Crippen molar-refractivity contribution in [2.45, 2.75) is 63.2 Å². The lowest BCUT2D eigenvalue weighted by Crippen LogP contribution is -2.49. The lowest BCUT2D eigenvalue weighted by molar-refractivity contribution is -0.144. The third-order valence-corrected chi connectivity index (χ3v) is 4.93. The maximum absolute atomic E-state index is 11.2. The van der Waals surface area contributed by atoms with Crippen LogP contribution in [0.25, 0.3) is 0 Å². The van der Waals surface area contributed by atoms with Crippen LogP contribution in [-0.4, -0.2) is 34.2 Å². The van der Waals surface area contributed by atoms with Gasteiger partial charge in [-0.1, -0.05) is 26.2 Å². The Bertz CT molecular complexity index is 242. The number of thioether (sulfide) groups is 1. The molecule has 17 heavy (non-hydrogen) atoms. The molecular weight excluding hydrogens is 234 g/mol. The molecule has 0 aromatic carbocycles. The largest absolute Gasteiger partial charge is 0.480 e. The number of nitrogens with one attached hydrogen (secondary N) is 1. The number of likely N-dealkylation sites (N-methyl/N-ethyl adjacent to an activating group) is 1. The first kappa shape index (κ1) is 14.8. The van der Waals surface area contributed by atoms with Crippen LogP contribution < -0.4 is 5.32 Å². The van der Waals surface area contributed by atoms with Crippen LogP contribution in [-0.2, 0) is 4.79 Å². The molecule has 100 valence electrons. The number of rotatable bonds is 7. The third-order valence-electron chi connectivity index (χ3n) is 3.55. The minimum absolute atomic E-state index is 0.705. The van der Waals surface area contributed by atoms with Crippen molar-refractivity contribution in [2.24, 2.45) is 0 Å². The maximum Gasteiger partial charge on any atom is 0.323 e. The van der Waals surface area contributed by atoms with Gasteiger partial charge < -0.3 is 10.4 Å². The molecule has 1 aliphatic rings. The number of carbonyl (C=O) groups is 1. The summed E-state index contributed by atoms with van der Waals surface area (Å²) in [7, 11) is 0. The minimum Gasteiger partial charge on any atom is -0.480 e. The Morgan fingerprint density at radius 3 is 2.59 bits per heavy atom. The summed E-state index contributed by atoms with van der Waals surface area (Å²) in [5.74, 6) is 0.212. The second-order valence-electron chi connectivity index (χ2n) is 5.05. The summed E-state index contributed by atoms with van der Waals surface area (Å²) < 4.78 is 0. The number of aliphatic carboxylic acids is 1. The first-order valence-electron chi connectivity index (χ1n) is 6.68. The van der Waals surface area contributed by atoms with Gasteiger partial charge in [-0.05, 0) is 38.5 Å². The van der Waals surface area contributed by atoms with Gasteiger partial charge in [-0.2, -0.15) is 11.8 Å². The van der Waals surface area contributed by atoms with E-state index in [-0.39, 0.29) is 0 Å². The summed E-state index contributed by atoms with van der Waals surface area (Å²) in [6, 6.07) is 0. The van der Waals surface area contributed by atoms with Crippen molar-refractivity contribution in [1.29, 1.82) is 0 Å². The van der Waals surface area contributed by atoms with Crippen LogP contribution >= 0.6 is 11.8 Å². The van der Waals surface area contributed by atoms with Gasteiger partial charge in [0, 0.05) is 5.25 Å². The zero-order valence-electron chi connectivity index (χ0n) is 11.0. The van der Waals surface area contributed by atoms with Crippen molar-refractivity contribution in [1.82, 2.24) is 5.32 Å². The van der Waals surface area contributed by atoms with Crippen molar-refractivity contribution < 1.29 is 9.90 Å². The zero-order chi connectivity index (χ0) is 12.7. The monoisotopic (exact) mass is 259 g/mol. The van der Waals surface area contributed by atoms with E-state index in [1.807, 2.05) is 18.7 Å². The summed E-state index contributed by atoms with van der Waals surface area (Å²) in [4.78, 5) is 11.2. The fourth-order valence-corrected chi connectivity index (χ4v) is 3.85. The normalized spacial score (nSPS) is 21.1. The van der Waals surface area contributed by atoms with Crippen LogP contribution in [0.15, 0.2) is 0 Å². The van der Waals surface area contributed by atoms with E-state index in [2.05, 4.69) is 5.32 Å². The second kappa shape index (κ2) is 7.27. The Labute approximate surface area is 109 Å². The van der Waals surface area contributed by atoms with E-state index in [0.29, 0.717) is 13.0 Å². The molecule has 1 atom stereocenters. The fraction of sp³-hybridized carbons (Fsp3) is 0.923. The molecular formula is C13H25NO2S. The molecule has 3 nitrogen and oxygen atoms in total. The van der Waals surface area contributed by atoms with Gasteiger partial charge in [0.05, 0.1) is 0 Å². The Kier molecular flexibility index (Phi) is 6.34. The van der Waals surface area contributed by atoms with Gasteiger partial charge in [0.1, 0.15) is 5.54 Å². The van der Waals surface area contributed by atoms with Crippen LogP contribution in [0.3, 0.4) is 0 Å². The number of carboxylic acids is 1. The first-order valence-corrected chi connectivity index (χ1v) is 7.73. The van der Waals surface area contributed by atoms with Crippen LogP contribution in [0, 0.1) is 0 Å². The molecule has 1 aliphatic carbocycles. The topological polar surface area (TPSA) is 49.3 Å². The van der Waals surface area contributed by atoms with Crippen LogP contribution in [0.5, 0.6) is 0 Å². The molecule has 0 radical (unpaired) electrons. The van der Waals surface area contributed by atoms with Gasteiger partial charge in [-0.15, -0.1) is 0 Å². The molecule has 1 saturated carbocycles. The van der Waals surface area contributed by atoms with Crippen molar-refractivity contribution in [2.75, 3.05) is 12.3 Å². The molecule has 0 aromatic heterocycles. The number of hydrogen-bond acceptors (Lipinski definition) is 3. The molecule has 0 spiro atoms. The summed E-state index contributed by atoms with van der Waals surface area (Å²) in [6.07, 6.45) is 7.41. The molecule has 1 rings (SSSR count). The molecule has 0 bridgehead atoms. The standard InChI is InChI=1S/C13H25NO2S/c1-3-14-13(2,12(15)16)9-10-17-11-7-5-4-6-8-11/h11,14H,3-10H2,1-2H3,(H,15,16). The summed E-state index contributed by atoms with van der Waals surface area (Å²) in [5.41, 5.74) is -0.754. The lowest BCUT2D eigenvalue weighted by Gasteiger charge is -2.27. The van der Waals surface area contributed by atoms with E-state index in [1.54, 1.807) is 6.92 Å². The van der Waals surface area contributed by atoms with Crippen molar-refractivity contribution >= 4 is 17.7 Å². The molecule has 0 heterocycles. The molecule has 4 heteroatoms. The molecule has 0 aliphatic heterocycles. The van der Waals surface area contributed by atoms with E-state index in [1.165, 1.54) is 32.1 Å². The highest BCUT2D eigenvalue weighted by Crippen LogP contribution is 2.29. The van der Waals surface area contributed by atoms with E-state index in [0.717, 1.165) is 11.0 Å². The molecule has 1 unspecified atom stereocenters. The quantitative estimate of drug-likeness (QED) is 0.738. The smallest absolute Gasteiger partial charge is 0.323 e. The Hall–Kier alpha value is -0.220. The summed E-state index contributed by atoms with van der Waals surface area (Å²) >= 11 is 1.96. The highest BCUT2D eigenvalue weighted by Gasteiger charge is 2.31. The van der Waals surface area contributed by atoms with Gasteiger partial charge in [0.2, 0.25) is 0 Å². The van der Waals surface area contributed by atoms with Gasteiger partial charge >= 0.3 is 5.97 Å². The van der Waals surface area contributed by atoms with Crippen LogP contribution in [0.4, 0.5) is 0 Å². The number of carboxylic acid groups (broad SMARTS) is 1. The molecule has 2 N–H and O–H groups in total. The fourth-order valence-electron chi connectivity index (χ4n) is 2.32. The average molecular weight is 259 g/mol. The van der Waals surface area contributed by atoms with Gasteiger partial charge in [-0.25, -0.2) is 0 Å². The Balaban J connectivity index is 2.28. The molecule has 0 aromatic rings. The van der Waals surface area contributed by atoms with E-state index in [9.17, 15) is 9.90 Å². The molecule has 1 fully saturated rings. The zero-order valence-corrected chi connectivity index (χ0v) is 11.8. The maximum atomic E-state index is 11.2. The lowest BCUT2D eigenvalue weighted by atomic mass is 9.99. The van der Waals surface area contributed by atoms with Crippen molar-refractivity contribution in [3.63, 3.8) is 0 Å². The Morgan fingerprint density at radius 2 is 2.06 bits per heavy atom. The van der Waals surface area contributed by atoms with E-state index in [4.69, 9.17) is 0 Å². The highest BCUT2D eigenvalue weighted by molar-refractivity contribution is 7.99. The van der Waals surface area contributed by atoms with Crippen LogP contribution in [0.1, 0.15) is 52.4 Å². The minimum atomic E-state index is -0.754. The first-order chi connectivity index (χ1) is 8.08. The van der Waals surface area contributed by atoms with Gasteiger partial charge in [0.25, 0.3) is 0 Å². The highest BCUT2D eigenvalue weighted by atomic mass is 32.2. The second-order valence-corrected chi connectivity index (χ2v) is 6.46. The SMILES string of the molecule is CCNC(C)(CCSC1CCCCC1)C(=O)O. The van der Waals surface area contributed by atoms with Crippen LogP contribution in [0.2, 0.25) is 0 Å². The van der Waals surface area contributed by atoms with E-state index >= 15 is 0 Å².